The van der Waals surface area contributed by atoms with Crippen LogP contribution in [-0.2, 0) is 22.4 Å². The van der Waals surface area contributed by atoms with E-state index < -0.39 is 0 Å². The van der Waals surface area contributed by atoms with Crippen molar-refractivity contribution in [2.75, 3.05) is 25.6 Å². The molecule has 0 aliphatic heterocycles. The molecule has 0 spiro atoms. The third-order valence-corrected chi connectivity index (χ3v) is 3.88. The molecule has 2 aromatic carbocycles. The molecule has 0 amide bonds. The topological polar surface area (TPSA) is 29.5 Å². The molecule has 2 aromatic rings. The molecule has 0 heterocycles. The summed E-state index contributed by atoms with van der Waals surface area (Å²) in [5, 5.41) is 0. The highest BCUT2D eigenvalue weighted by Crippen LogP contribution is 2.24. The SMILES string of the molecule is CCOC(=O)C(Cc1ccccc1)Cc1ccccc1N(C)C.Cl. The van der Waals surface area contributed by atoms with Gasteiger partial charge in [-0.15, -0.1) is 12.4 Å². The Morgan fingerprint density at radius 1 is 1.00 bits per heavy atom. The minimum absolute atomic E-state index is 0. The summed E-state index contributed by atoms with van der Waals surface area (Å²) in [6, 6.07) is 18.3. The molecule has 0 radical (unpaired) electrons. The Bertz CT molecular complexity index is 629. The molecule has 0 saturated carbocycles. The molecule has 0 aliphatic carbocycles. The summed E-state index contributed by atoms with van der Waals surface area (Å²) in [5.41, 5.74) is 3.48. The van der Waals surface area contributed by atoms with E-state index in [1.165, 1.54) is 5.56 Å². The van der Waals surface area contributed by atoms with Crippen LogP contribution in [0.2, 0.25) is 0 Å². The first-order valence-electron chi connectivity index (χ1n) is 8.07. The largest absolute Gasteiger partial charge is 0.466 e. The molecule has 4 heteroatoms. The predicted molar refractivity (Wildman–Crippen MR) is 102 cm³/mol. The number of carbonyl (C=O) groups is 1. The number of carbonyl (C=O) groups excluding carboxylic acids is 1. The lowest BCUT2D eigenvalue weighted by atomic mass is 9.91. The van der Waals surface area contributed by atoms with Gasteiger partial charge in [-0.2, -0.15) is 0 Å². The summed E-state index contributed by atoms with van der Waals surface area (Å²) < 4.78 is 5.30. The molecule has 1 unspecified atom stereocenters. The van der Waals surface area contributed by atoms with Gasteiger partial charge in [-0.1, -0.05) is 48.5 Å². The minimum atomic E-state index is -0.168. The van der Waals surface area contributed by atoms with Gasteiger partial charge in [0.05, 0.1) is 12.5 Å². The number of hydrogen-bond donors (Lipinski definition) is 0. The maximum absolute atomic E-state index is 12.4. The van der Waals surface area contributed by atoms with E-state index in [2.05, 4.69) is 29.2 Å². The van der Waals surface area contributed by atoms with E-state index >= 15 is 0 Å². The van der Waals surface area contributed by atoms with E-state index in [1.807, 2.05) is 51.4 Å². The number of para-hydroxylation sites is 1. The van der Waals surface area contributed by atoms with E-state index in [-0.39, 0.29) is 24.3 Å². The van der Waals surface area contributed by atoms with Crippen LogP contribution < -0.4 is 4.90 Å². The van der Waals surface area contributed by atoms with E-state index in [9.17, 15) is 4.79 Å². The van der Waals surface area contributed by atoms with Gasteiger partial charge in [0, 0.05) is 19.8 Å². The average molecular weight is 348 g/mol. The summed E-state index contributed by atoms with van der Waals surface area (Å²) in [4.78, 5) is 14.5. The molecule has 2 rings (SSSR count). The van der Waals surface area contributed by atoms with Crippen molar-refractivity contribution >= 4 is 24.1 Å². The number of anilines is 1. The van der Waals surface area contributed by atoms with Crippen LogP contribution in [0.15, 0.2) is 54.6 Å². The molecule has 130 valence electrons. The molecule has 0 bridgehead atoms. The normalized spacial score (nSPS) is 11.3. The third-order valence-electron chi connectivity index (χ3n) is 3.88. The van der Waals surface area contributed by atoms with E-state index in [1.54, 1.807) is 0 Å². The summed E-state index contributed by atoms with van der Waals surface area (Å²) in [6.45, 7) is 2.27. The molecular formula is C20H26ClNO2. The fraction of sp³-hybridized carbons (Fsp3) is 0.350. The first kappa shape index (κ1) is 20.0. The minimum Gasteiger partial charge on any atom is -0.466 e. The molecule has 0 saturated heterocycles. The molecule has 0 N–H and O–H groups in total. The maximum atomic E-state index is 12.4. The van der Waals surface area contributed by atoms with Gasteiger partial charge in [-0.25, -0.2) is 0 Å². The van der Waals surface area contributed by atoms with Crippen molar-refractivity contribution in [3.05, 3.63) is 65.7 Å². The van der Waals surface area contributed by atoms with E-state index in [0.717, 1.165) is 11.3 Å². The van der Waals surface area contributed by atoms with Gasteiger partial charge in [-0.3, -0.25) is 4.79 Å². The highest BCUT2D eigenvalue weighted by Gasteiger charge is 2.22. The second-order valence-corrected chi connectivity index (χ2v) is 5.87. The number of esters is 1. The zero-order valence-electron chi connectivity index (χ0n) is 14.6. The smallest absolute Gasteiger partial charge is 0.309 e. The molecule has 0 aliphatic rings. The monoisotopic (exact) mass is 347 g/mol. The zero-order chi connectivity index (χ0) is 16.7. The van der Waals surface area contributed by atoms with Crippen LogP contribution >= 0.6 is 12.4 Å². The fourth-order valence-corrected chi connectivity index (χ4v) is 2.78. The van der Waals surface area contributed by atoms with Gasteiger partial charge in [-0.05, 0) is 37.0 Å². The summed E-state index contributed by atoms with van der Waals surface area (Å²) in [7, 11) is 4.05. The highest BCUT2D eigenvalue weighted by molar-refractivity contribution is 5.85. The van der Waals surface area contributed by atoms with Gasteiger partial charge in [0.2, 0.25) is 0 Å². The highest BCUT2D eigenvalue weighted by atomic mass is 35.5. The standard InChI is InChI=1S/C20H25NO2.ClH/c1-4-23-20(22)18(14-16-10-6-5-7-11-16)15-17-12-8-9-13-19(17)21(2)3;/h5-13,18H,4,14-15H2,1-3H3;1H. The van der Waals surface area contributed by atoms with Crippen LogP contribution in [-0.4, -0.2) is 26.7 Å². The Morgan fingerprint density at radius 2 is 1.62 bits per heavy atom. The van der Waals surface area contributed by atoms with Crippen molar-refractivity contribution in [1.82, 2.24) is 0 Å². The number of nitrogens with zero attached hydrogens (tertiary/aromatic N) is 1. The Labute approximate surface area is 151 Å². The second kappa shape index (κ2) is 9.99. The molecular weight excluding hydrogens is 322 g/mol. The van der Waals surface area contributed by atoms with Crippen molar-refractivity contribution < 1.29 is 9.53 Å². The van der Waals surface area contributed by atoms with E-state index in [4.69, 9.17) is 4.74 Å². The van der Waals surface area contributed by atoms with Gasteiger partial charge in [0.15, 0.2) is 0 Å². The van der Waals surface area contributed by atoms with Crippen molar-refractivity contribution in [1.29, 1.82) is 0 Å². The summed E-state index contributed by atoms with van der Waals surface area (Å²) in [5.74, 6) is -0.289. The lowest BCUT2D eigenvalue weighted by Gasteiger charge is -2.21. The van der Waals surface area contributed by atoms with Gasteiger partial charge < -0.3 is 9.64 Å². The van der Waals surface area contributed by atoms with Crippen molar-refractivity contribution in [2.24, 2.45) is 5.92 Å². The molecule has 0 fully saturated rings. The predicted octanol–water partition coefficient (Wildman–Crippen LogP) is 4.14. The lowest BCUT2D eigenvalue weighted by molar-refractivity contribution is -0.147. The van der Waals surface area contributed by atoms with Crippen molar-refractivity contribution in [3.8, 4) is 0 Å². The molecule has 0 aromatic heterocycles. The van der Waals surface area contributed by atoms with Crippen molar-refractivity contribution in [2.45, 2.75) is 19.8 Å². The number of halogens is 1. The molecule has 1 atom stereocenters. The van der Waals surface area contributed by atoms with Crippen molar-refractivity contribution in [3.63, 3.8) is 0 Å². The first-order chi connectivity index (χ1) is 11.1. The second-order valence-electron chi connectivity index (χ2n) is 5.87. The van der Waals surface area contributed by atoms with Crippen LogP contribution in [0.5, 0.6) is 0 Å². The Hall–Kier alpha value is -2.00. The van der Waals surface area contributed by atoms with Crippen LogP contribution in [0.4, 0.5) is 5.69 Å². The third kappa shape index (κ3) is 5.57. The first-order valence-corrected chi connectivity index (χ1v) is 8.07. The number of hydrogen-bond acceptors (Lipinski definition) is 3. The lowest BCUT2D eigenvalue weighted by Crippen LogP contribution is -2.23. The van der Waals surface area contributed by atoms with Crippen LogP contribution in [0.25, 0.3) is 0 Å². The van der Waals surface area contributed by atoms with E-state index in [0.29, 0.717) is 19.4 Å². The Kier molecular flexibility index (Phi) is 8.34. The van der Waals surface area contributed by atoms with Crippen LogP contribution in [0.3, 0.4) is 0 Å². The van der Waals surface area contributed by atoms with Gasteiger partial charge in [0.25, 0.3) is 0 Å². The number of rotatable bonds is 7. The molecule has 24 heavy (non-hydrogen) atoms. The average Bonchev–Trinajstić information content (AvgIpc) is 2.55. The Balaban J connectivity index is 0.00000288. The summed E-state index contributed by atoms with van der Waals surface area (Å²) in [6.07, 6.45) is 1.38. The maximum Gasteiger partial charge on any atom is 0.309 e. The van der Waals surface area contributed by atoms with Crippen LogP contribution in [0, 0.1) is 5.92 Å². The summed E-state index contributed by atoms with van der Waals surface area (Å²) >= 11 is 0. The molecule has 3 nitrogen and oxygen atoms in total. The quantitative estimate of drug-likeness (QED) is 0.705. The van der Waals surface area contributed by atoms with Gasteiger partial charge >= 0.3 is 5.97 Å². The Morgan fingerprint density at radius 3 is 2.25 bits per heavy atom. The van der Waals surface area contributed by atoms with Gasteiger partial charge in [0.1, 0.15) is 0 Å². The number of benzene rings is 2. The number of ether oxygens (including phenoxy) is 1. The van der Waals surface area contributed by atoms with Crippen LogP contribution in [0.1, 0.15) is 18.1 Å². The zero-order valence-corrected chi connectivity index (χ0v) is 15.4. The fourth-order valence-electron chi connectivity index (χ4n) is 2.78.